The van der Waals surface area contributed by atoms with E-state index in [4.69, 9.17) is 9.47 Å². The number of piperidine rings is 1. The summed E-state index contributed by atoms with van der Waals surface area (Å²) in [5, 5.41) is 37.3. The number of carbonyl (C=O) groups excluding carboxylic acids is 2. The number of aromatic hydroxyl groups is 1. The lowest BCUT2D eigenvalue weighted by Gasteiger charge is -2.59. The molecule has 9 heteroatoms. The first kappa shape index (κ1) is 25.7. The topological polar surface area (TPSA) is 129 Å². The summed E-state index contributed by atoms with van der Waals surface area (Å²) in [6.45, 7) is 4.94. The SMILES string of the molecule is COC(=O)c1cccc(NC(=O)/C(C)=C(\O)[C@@H]2Oc3c(O)ccc4c3[C@@]23CCN(CC2CC2)[C@H](C4)[C@@]3(C)O)c1. The summed E-state index contributed by atoms with van der Waals surface area (Å²) >= 11 is 0. The zero-order valence-electron chi connectivity index (χ0n) is 22.4. The number of phenolic OH excluding ortho intramolecular Hbond substituents is 1. The normalized spacial score (nSPS) is 29.6. The number of nitrogens with one attached hydrogen (secondary N) is 1. The molecule has 4 atom stereocenters. The fourth-order valence-corrected chi connectivity index (χ4v) is 6.95. The third-order valence-electron chi connectivity index (χ3n) is 9.26. The quantitative estimate of drug-likeness (QED) is 0.252. The molecule has 39 heavy (non-hydrogen) atoms. The Bertz CT molecular complexity index is 1400. The molecular formula is C30H34N2O7. The molecular weight excluding hydrogens is 500 g/mol. The van der Waals surface area contributed by atoms with Crippen LogP contribution in [0.4, 0.5) is 5.69 Å². The van der Waals surface area contributed by atoms with E-state index in [2.05, 4.69) is 10.2 Å². The van der Waals surface area contributed by atoms with Crippen molar-refractivity contribution in [2.24, 2.45) is 5.92 Å². The van der Waals surface area contributed by atoms with Gasteiger partial charge in [-0.15, -0.1) is 0 Å². The van der Waals surface area contributed by atoms with Gasteiger partial charge in [-0.05, 0) is 81.8 Å². The van der Waals surface area contributed by atoms with Gasteiger partial charge in [-0.2, -0.15) is 0 Å². The Morgan fingerprint density at radius 2 is 2.00 bits per heavy atom. The molecule has 0 radical (unpaired) electrons. The second kappa shape index (κ2) is 8.99. The summed E-state index contributed by atoms with van der Waals surface area (Å²) in [6, 6.07) is 9.60. The number of aliphatic hydroxyl groups excluding tert-OH is 1. The van der Waals surface area contributed by atoms with Gasteiger partial charge < -0.3 is 30.1 Å². The van der Waals surface area contributed by atoms with E-state index in [9.17, 15) is 24.9 Å². The number of fused-ring (bicyclic) bond motifs is 1. The van der Waals surface area contributed by atoms with E-state index in [0.29, 0.717) is 31.0 Å². The Kier molecular flexibility index (Phi) is 5.93. The van der Waals surface area contributed by atoms with Gasteiger partial charge in [0.05, 0.1) is 29.3 Å². The number of nitrogens with zero attached hydrogens (tertiary/aromatic N) is 1. The van der Waals surface area contributed by atoms with Crippen LogP contribution in [-0.2, 0) is 21.4 Å². The van der Waals surface area contributed by atoms with Crippen molar-refractivity contribution in [2.45, 2.75) is 62.7 Å². The van der Waals surface area contributed by atoms with Gasteiger partial charge in [0, 0.05) is 23.8 Å². The van der Waals surface area contributed by atoms with Crippen molar-refractivity contribution in [3.63, 3.8) is 0 Å². The first-order chi connectivity index (χ1) is 18.6. The van der Waals surface area contributed by atoms with Gasteiger partial charge in [0.15, 0.2) is 17.6 Å². The molecule has 1 saturated carbocycles. The third-order valence-corrected chi connectivity index (χ3v) is 9.26. The number of carbonyl (C=O) groups is 2. The molecule has 206 valence electrons. The average molecular weight is 535 g/mol. The van der Waals surface area contributed by atoms with Crippen LogP contribution in [-0.4, -0.2) is 70.0 Å². The molecule has 2 fully saturated rings. The molecule has 2 aliphatic heterocycles. The van der Waals surface area contributed by atoms with Crippen molar-refractivity contribution < 1.29 is 34.4 Å². The molecule has 1 amide bonds. The number of hydrogen-bond acceptors (Lipinski definition) is 8. The van der Waals surface area contributed by atoms with Crippen LogP contribution >= 0.6 is 0 Å². The van der Waals surface area contributed by atoms with Gasteiger partial charge in [-0.3, -0.25) is 9.69 Å². The summed E-state index contributed by atoms with van der Waals surface area (Å²) < 4.78 is 11.0. The number of phenols is 1. The Labute approximate surface area is 227 Å². The maximum atomic E-state index is 13.3. The minimum atomic E-state index is -1.30. The number of anilines is 1. The molecule has 4 N–H and O–H groups in total. The fraction of sp³-hybridized carbons (Fsp3) is 0.467. The summed E-state index contributed by atoms with van der Waals surface area (Å²) in [5.74, 6) is -0.547. The van der Waals surface area contributed by atoms with E-state index in [0.717, 1.165) is 17.7 Å². The van der Waals surface area contributed by atoms with Crippen molar-refractivity contribution in [2.75, 3.05) is 25.5 Å². The molecule has 6 rings (SSSR count). The molecule has 1 spiro atoms. The van der Waals surface area contributed by atoms with Crippen LogP contribution in [0.5, 0.6) is 11.5 Å². The highest BCUT2D eigenvalue weighted by atomic mass is 16.5. The highest BCUT2D eigenvalue weighted by Gasteiger charge is 2.69. The van der Waals surface area contributed by atoms with E-state index in [1.807, 2.05) is 6.07 Å². The first-order valence-electron chi connectivity index (χ1n) is 13.5. The molecule has 0 aromatic heterocycles. The lowest BCUT2D eigenvalue weighted by Crippen LogP contribution is -2.73. The van der Waals surface area contributed by atoms with Crippen molar-refractivity contribution >= 4 is 17.6 Å². The van der Waals surface area contributed by atoms with E-state index < -0.39 is 29.0 Å². The maximum Gasteiger partial charge on any atom is 0.337 e. The lowest BCUT2D eigenvalue weighted by atomic mass is 9.53. The second-order valence-corrected chi connectivity index (χ2v) is 11.5. The van der Waals surface area contributed by atoms with Crippen molar-refractivity contribution in [3.8, 4) is 11.5 Å². The van der Waals surface area contributed by atoms with E-state index in [1.165, 1.54) is 32.9 Å². The largest absolute Gasteiger partial charge is 0.508 e. The highest BCUT2D eigenvalue weighted by molar-refractivity contribution is 6.04. The molecule has 2 aliphatic carbocycles. The molecule has 9 nitrogen and oxygen atoms in total. The van der Waals surface area contributed by atoms with Crippen LogP contribution in [0, 0.1) is 5.92 Å². The van der Waals surface area contributed by atoms with Crippen molar-refractivity contribution in [1.82, 2.24) is 4.90 Å². The summed E-state index contributed by atoms with van der Waals surface area (Å²) in [5.41, 5.74) is 0.0284. The van der Waals surface area contributed by atoms with Gasteiger partial charge in [-0.25, -0.2) is 4.79 Å². The standard InChI is InChI=1S/C30H34N2O7/c1-16(27(35)31-20-6-4-5-19(13-20)28(36)38-3)24(34)26-30-11-12-32(15-17-7-8-17)22(29(30,2)37)14-18-9-10-21(33)25(39-26)23(18)30/h4-6,9-10,13,17,22,26,33-34,37H,7-8,11-12,14-15H2,1-3H3,(H,31,35)/b24-16-/t22-,26+,29-,30+/m1/s1. The number of esters is 1. The van der Waals surface area contributed by atoms with Crippen LogP contribution in [0.3, 0.4) is 0 Å². The van der Waals surface area contributed by atoms with Crippen LogP contribution in [0.25, 0.3) is 0 Å². The van der Waals surface area contributed by atoms with E-state index in [-0.39, 0.29) is 34.4 Å². The number of likely N-dealkylation sites (tertiary alicyclic amines) is 1. The van der Waals surface area contributed by atoms with Crippen molar-refractivity contribution in [1.29, 1.82) is 0 Å². The smallest absolute Gasteiger partial charge is 0.337 e. The van der Waals surface area contributed by atoms with Crippen LogP contribution in [0.1, 0.15) is 54.6 Å². The number of amides is 1. The molecule has 2 heterocycles. The molecule has 4 aliphatic rings. The molecule has 1 saturated heterocycles. The molecule has 2 aromatic rings. The minimum absolute atomic E-state index is 0.0185. The molecule has 2 aromatic carbocycles. The number of ether oxygens (including phenoxy) is 2. The fourth-order valence-electron chi connectivity index (χ4n) is 6.95. The molecule has 2 bridgehead atoms. The summed E-state index contributed by atoms with van der Waals surface area (Å²) in [4.78, 5) is 27.5. The predicted molar refractivity (Wildman–Crippen MR) is 143 cm³/mol. The zero-order chi connectivity index (χ0) is 27.7. The van der Waals surface area contributed by atoms with Gasteiger partial charge in [0.1, 0.15) is 5.76 Å². The number of aliphatic hydroxyl groups is 2. The number of methoxy groups -OCH3 is 1. The second-order valence-electron chi connectivity index (χ2n) is 11.5. The summed E-state index contributed by atoms with van der Waals surface area (Å²) in [6.07, 6.45) is 2.46. The predicted octanol–water partition coefficient (Wildman–Crippen LogP) is 3.44. The number of rotatable bonds is 6. The van der Waals surface area contributed by atoms with Gasteiger partial charge in [0.2, 0.25) is 0 Å². The number of hydrogen-bond donors (Lipinski definition) is 4. The van der Waals surface area contributed by atoms with Gasteiger partial charge in [-0.1, -0.05) is 12.1 Å². The third kappa shape index (κ3) is 3.82. The van der Waals surface area contributed by atoms with Gasteiger partial charge in [0.25, 0.3) is 5.91 Å². The Hall–Kier alpha value is -3.56. The first-order valence-corrected chi connectivity index (χ1v) is 13.5. The van der Waals surface area contributed by atoms with Crippen LogP contribution < -0.4 is 10.1 Å². The van der Waals surface area contributed by atoms with E-state index >= 15 is 0 Å². The van der Waals surface area contributed by atoms with Crippen molar-refractivity contribution in [3.05, 3.63) is 64.4 Å². The average Bonchev–Trinajstić information content (AvgIpc) is 3.66. The zero-order valence-corrected chi connectivity index (χ0v) is 22.4. The highest BCUT2D eigenvalue weighted by Crippen LogP contribution is 2.63. The molecule has 0 unspecified atom stereocenters. The Morgan fingerprint density at radius 1 is 1.23 bits per heavy atom. The monoisotopic (exact) mass is 534 g/mol. The minimum Gasteiger partial charge on any atom is -0.508 e. The van der Waals surface area contributed by atoms with Crippen LogP contribution in [0.2, 0.25) is 0 Å². The lowest BCUT2D eigenvalue weighted by molar-refractivity contribution is -0.153. The Balaban J connectivity index is 1.38. The van der Waals surface area contributed by atoms with E-state index in [1.54, 1.807) is 31.2 Å². The summed E-state index contributed by atoms with van der Waals surface area (Å²) in [7, 11) is 1.28. The number of benzene rings is 2. The van der Waals surface area contributed by atoms with Gasteiger partial charge >= 0.3 is 5.97 Å². The maximum absolute atomic E-state index is 13.3. The Morgan fingerprint density at radius 3 is 2.72 bits per heavy atom. The van der Waals surface area contributed by atoms with Crippen LogP contribution in [0.15, 0.2) is 47.7 Å².